The lowest BCUT2D eigenvalue weighted by Gasteiger charge is -2.40. The molecule has 0 aromatic heterocycles. The maximum absolute atomic E-state index is 5.78. The highest BCUT2D eigenvalue weighted by molar-refractivity contribution is 5.40. The Labute approximate surface area is 114 Å². The Morgan fingerprint density at radius 1 is 1.32 bits per heavy atom. The first-order valence-electron chi connectivity index (χ1n) is 6.42. The molecule has 0 atom stereocenters. The lowest BCUT2D eigenvalue weighted by Crippen LogP contribution is -2.54. The van der Waals surface area contributed by atoms with Gasteiger partial charge in [0.1, 0.15) is 11.5 Å². The van der Waals surface area contributed by atoms with Gasteiger partial charge in [-0.25, -0.2) is 0 Å². The SMILES string of the molecule is COc1ccc(CNCC2(CN)COC2)c(OC)c1. The first-order valence-corrected chi connectivity index (χ1v) is 6.42. The summed E-state index contributed by atoms with van der Waals surface area (Å²) < 4.78 is 15.8. The molecule has 2 rings (SSSR count). The average Bonchev–Trinajstić information content (AvgIpc) is 2.42. The topological polar surface area (TPSA) is 65.7 Å². The van der Waals surface area contributed by atoms with Gasteiger partial charge in [0.05, 0.1) is 27.4 Å². The van der Waals surface area contributed by atoms with E-state index in [0.29, 0.717) is 6.54 Å². The molecule has 0 unspecified atom stereocenters. The van der Waals surface area contributed by atoms with Crippen LogP contribution >= 0.6 is 0 Å². The molecule has 3 N–H and O–H groups in total. The Bertz CT molecular complexity index is 414. The van der Waals surface area contributed by atoms with Gasteiger partial charge in [0.15, 0.2) is 0 Å². The fraction of sp³-hybridized carbons (Fsp3) is 0.571. The van der Waals surface area contributed by atoms with Gasteiger partial charge in [0, 0.05) is 36.7 Å². The lowest BCUT2D eigenvalue weighted by atomic mass is 9.86. The highest BCUT2D eigenvalue weighted by atomic mass is 16.5. The fourth-order valence-electron chi connectivity index (χ4n) is 2.14. The molecule has 19 heavy (non-hydrogen) atoms. The number of hydrogen-bond donors (Lipinski definition) is 2. The van der Waals surface area contributed by atoms with Crippen LogP contribution in [0.15, 0.2) is 18.2 Å². The van der Waals surface area contributed by atoms with E-state index in [2.05, 4.69) is 5.32 Å². The Morgan fingerprint density at radius 2 is 2.11 bits per heavy atom. The van der Waals surface area contributed by atoms with E-state index in [1.54, 1.807) is 14.2 Å². The van der Waals surface area contributed by atoms with Crippen LogP contribution in [-0.4, -0.2) is 40.5 Å². The van der Waals surface area contributed by atoms with Crippen molar-refractivity contribution in [1.29, 1.82) is 0 Å². The van der Waals surface area contributed by atoms with Crippen LogP contribution in [0.5, 0.6) is 11.5 Å². The summed E-state index contributed by atoms with van der Waals surface area (Å²) in [4.78, 5) is 0. The summed E-state index contributed by atoms with van der Waals surface area (Å²) in [5, 5.41) is 3.43. The third kappa shape index (κ3) is 3.18. The van der Waals surface area contributed by atoms with Crippen molar-refractivity contribution in [1.82, 2.24) is 5.32 Å². The van der Waals surface area contributed by atoms with Gasteiger partial charge < -0.3 is 25.3 Å². The summed E-state index contributed by atoms with van der Waals surface area (Å²) in [5.74, 6) is 1.63. The van der Waals surface area contributed by atoms with Gasteiger partial charge in [-0.05, 0) is 6.07 Å². The number of benzene rings is 1. The second-order valence-electron chi connectivity index (χ2n) is 4.98. The molecule has 0 saturated carbocycles. The summed E-state index contributed by atoms with van der Waals surface area (Å²) in [6.07, 6.45) is 0. The molecule has 0 spiro atoms. The van der Waals surface area contributed by atoms with E-state index in [0.717, 1.165) is 43.4 Å². The van der Waals surface area contributed by atoms with Crippen molar-refractivity contribution in [2.45, 2.75) is 6.54 Å². The van der Waals surface area contributed by atoms with Crippen LogP contribution in [0.4, 0.5) is 0 Å². The van der Waals surface area contributed by atoms with Crippen LogP contribution < -0.4 is 20.5 Å². The molecule has 106 valence electrons. The molecule has 1 heterocycles. The zero-order valence-corrected chi connectivity index (χ0v) is 11.6. The van der Waals surface area contributed by atoms with Crippen molar-refractivity contribution >= 4 is 0 Å². The molecule has 5 heteroatoms. The Kier molecular flexibility index (Phi) is 4.63. The molecule has 0 radical (unpaired) electrons. The first-order chi connectivity index (χ1) is 9.23. The van der Waals surface area contributed by atoms with Gasteiger partial charge in [0.2, 0.25) is 0 Å². The van der Waals surface area contributed by atoms with E-state index in [1.807, 2.05) is 18.2 Å². The van der Waals surface area contributed by atoms with E-state index in [1.165, 1.54) is 0 Å². The Morgan fingerprint density at radius 3 is 2.63 bits per heavy atom. The molecule has 1 aromatic rings. The minimum absolute atomic E-state index is 0.111. The van der Waals surface area contributed by atoms with Gasteiger partial charge >= 0.3 is 0 Å². The Hall–Kier alpha value is -1.30. The maximum atomic E-state index is 5.78. The predicted molar refractivity (Wildman–Crippen MR) is 73.6 cm³/mol. The summed E-state index contributed by atoms with van der Waals surface area (Å²) in [6, 6.07) is 5.84. The normalized spacial score (nSPS) is 16.8. The minimum Gasteiger partial charge on any atom is -0.497 e. The monoisotopic (exact) mass is 266 g/mol. The van der Waals surface area contributed by atoms with Crippen LogP contribution in [0, 0.1) is 5.41 Å². The standard InChI is InChI=1S/C14H22N2O3/c1-17-12-4-3-11(13(5-12)18-2)6-16-8-14(7-15)9-19-10-14/h3-5,16H,6-10,15H2,1-2H3. The van der Waals surface area contributed by atoms with Crippen LogP contribution in [0.3, 0.4) is 0 Å². The van der Waals surface area contributed by atoms with Gasteiger partial charge in [0.25, 0.3) is 0 Å². The molecule has 1 saturated heterocycles. The van der Waals surface area contributed by atoms with Crippen molar-refractivity contribution in [3.63, 3.8) is 0 Å². The summed E-state index contributed by atoms with van der Waals surface area (Å²) in [6.45, 7) is 3.75. The van der Waals surface area contributed by atoms with Crippen molar-refractivity contribution in [3.8, 4) is 11.5 Å². The number of ether oxygens (including phenoxy) is 3. The molecule has 1 aromatic carbocycles. The first kappa shape index (κ1) is 14.1. The zero-order chi connectivity index (χ0) is 13.7. The van der Waals surface area contributed by atoms with Crippen LogP contribution in [-0.2, 0) is 11.3 Å². The lowest BCUT2D eigenvalue weighted by molar-refractivity contribution is -0.105. The predicted octanol–water partition coefficient (Wildman–Crippen LogP) is 0.769. The second-order valence-corrected chi connectivity index (χ2v) is 4.98. The van der Waals surface area contributed by atoms with Crippen molar-refractivity contribution < 1.29 is 14.2 Å². The molecule has 0 aliphatic carbocycles. The molecule has 5 nitrogen and oxygen atoms in total. The fourth-order valence-corrected chi connectivity index (χ4v) is 2.14. The second kappa shape index (κ2) is 6.23. The number of nitrogens with one attached hydrogen (secondary N) is 1. The zero-order valence-electron chi connectivity index (χ0n) is 11.6. The van der Waals surface area contributed by atoms with Crippen LogP contribution in [0.2, 0.25) is 0 Å². The van der Waals surface area contributed by atoms with E-state index in [4.69, 9.17) is 19.9 Å². The molecule has 1 aliphatic heterocycles. The number of methoxy groups -OCH3 is 2. The van der Waals surface area contributed by atoms with Gasteiger partial charge in [-0.1, -0.05) is 6.07 Å². The van der Waals surface area contributed by atoms with Gasteiger partial charge in [-0.15, -0.1) is 0 Å². The number of hydrogen-bond acceptors (Lipinski definition) is 5. The Balaban J connectivity index is 1.92. The molecule has 0 amide bonds. The largest absolute Gasteiger partial charge is 0.497 e. The quantitative estimate of drug-likeness (QED) is 0.763. The van der Waals surface area contributed by atoms with Crippen molar-refractivity contribution in [3.05, 3.63) is 23.8 Å². The molecule has 0 bridgehead atoms. The highest BCUT2D eigenvalue weighted by Crippen LogP contribution is 2.27. The smallest absolute Gasteiger partial charge is 0.127 e. The minimum atomic E-state index is 0.111. The average molecular weight is 266 g/mol. The third-order valence-electron chi connectivity index (χ3n) is 3.56. The van der Waals surface area contributed by atoms with Crippen LogP contribution in [0.25, 0.3) is 0 Å². The van der Waals surface area contributed by atoms with E-state index >= 15 is 0 Å². The van der Waals surface area contributed by atoms with Crippen molar-refractivity contribution in [2.24, 2.45) is 11.1 Å². The van der Waals surface area contributed by atoms with Crippen molar-refractivity contribution in [2.75, 3.05) is 40.5 Å². The molecular weight excluding hydrogens is 244 g/mol. The number of nitrogens with two attached hydrogens (primary N) is 1. The molecule has 1 aliphatic rings. The summed E-state index contributed by atoms with van der Waals surface area (Å²) in [7, 11) is 3.31. The van der Waals surface area contributed by atoms with Crippen LogP contribution in [0.1, 0.15) is 5.56 Å². The van der Waals surface area contributed by atoms with E-state index < -0.39 is 0 Å². The summed E-state index contributed by atoms with van der Waals surface area (Å²) >= 11 is 0. The molecular formula is C14H22N2O3. The maximum Gasteiger partial charge on any atom is 0.127 e. The van der Waals surface area contributed by atoms with Gasteiger partial charge in [-0.3, -0.25) is 0 Å². The van der Waals surface area contributed by atoms with E-state index in [-0.39, 0.29) is 5.41 Å². The van der Waals surface area contributed by atoms with E-state index in [9.17, 15) is 0 Å². The highest BCUT2D eigenvalue weighted by Gasteiger charge is 2.36. The number of rotatable bonds is 7. The third-order valence-corrected chi connectivity index (χ3v) is 3.56. The summed E-state index contributed by atoms with van der Waals surface area (Å²) in [5.41, 5.74) is 7.00. The van der Waals surface area contributed by atoms with Gasteiger partial charge in [-0.2, -0.15) is 0 Å². The molecule has 1 fully saturated rings.